The van der Waals surface area contributed by atoms with Crippen LogP contribution in [0.2, 0.25) is 0 Å². The number of nitrogens with two attached hydrogens (primary N) is 1. The first-order chi connectivity index (χ1) is 8.19. The molecule has 1 saturated carbocycles. The smallest absolute Gasteiger partial charge is 0.270 e. The quantitative estimate of drug-likeness (QED) is 0.841. The standard InChI is InChI=1S/C12H19N3OS.ClH/c1-2-12(4-5-12)8-14-11(16)9-7-17-10(15-9)3-6-13;/h7H,2-6,8,13H2,1H3,(H,14,16);1H. The Morgan fingerprint density at radius 2 is 2.33 bits per heavy atom. The summed E-state index contributed by atoms with van der Waals surface area (Å²) in [5, 5.41) is 5.73. The van der Waals surface area contributed by atoms with Crippen molar-refractivity contribution >= 4 is 29.7 Å². The van der Waals surface area contributed by atoms with E-state index >= 15 is 0 Å². The highest BCUT2D eigenvalue weighted by Crippen LogP contribution is 2.47. The van der Waals surface area contributed by atoms with Crippen molar-refractivity contribution in [1.82, 2.24) is 10.3 Å². The average molecular weight is 290 g/mol. The lowest BCUT2D eigenvalue weighted by molar-refractivity contribution is 0.0940. The number of nitrogens with zero attached hydrogens (tertiary/aromatic N) is 1. The lowest BCUT2D eigenvalue weighted by Gasteiger charge is -2.12. The molecule has 2 rings (SSSR count). The lowest BCUT2D eigenvalue weighted by atomic mass is 10.0. The normalized spacial score (nSPS) is 15.9. The molecule has 102 valence electrons. The number of aromatic nitrogens is 1. The number of nitrogens with one attached hydrogen (secondary N) is 1. The molecule has 6 heteroatoms. The van der Waals surface area contributed by atoms with Gasteiger partial charge in [0.05, 0.1) is 5.01 Å². The Labute approximate surface area is 118 Å². The second kappa shape index (κ2) is 6.50. The molecule has 1 aliphatic rings. The summed E-state index contributed by atoms with van der Waals surface area (Å²) in [4.78, 5) is 16.1. The number of hydrogen-bond acceptors (Lipinski definition) is 4. The van der Waals surface area contributed by atoms with Crippen molar-refractivity contribution in [3.05, 3.63) is 16.1 Å². The Hall–Kier alpha value is -0.650. The molecule has 1 aromatic rings. The van der Waals surface area contributed by atoms with Gasteiger partial charge >= 0.3 is 0 Å². The van der Waals surface area contributed by atoms with E-state index in [0.29, 0.717) is 17.7 Å². The van der Waals surface area contributed by atoms with Crippen LogP contribution in [0.25, 0.3) is 0 Å². The number of hydrogen-bond donors (Lipinski definition) is 2. The van der Waals surface area contributed by atoms with Crippen molar-refractivity contribution in [2.75, 3.05) is 13.1 Å². The third-order valence-electron chi connectivity index (χ3n) is 3.47. The molecule has 0 atom stereocenters. The molecule has 3 N–H and O–H groups in total. The van der Waals surface area contributed by atoms with Crippen molar-refractivity contribution < 1.29 is 4.79 Å². The van der Waals surface area contributed by atoms with Gasteiger partial charge in [-0.25, -0.2) is 4.98 Å². The number of thiazole rings is 1. The van der Waals surface area contributed by atoms with E-state index in [0.717, 1.165) is 24.4 Å². The summed E-state index contributed by atoms with van der Waals surface area (Å²) in [5.41, 5.74) is 6.37. The second-order valence-electron chi connectivity index (χ2n) is 4.70. The van der Waals surface area contributed by atoms with E-state index in [4.69, 9.17) is 5.73 Å². The predicted molar refractivity (Wildman–Crippen MR) is 76.4 cm³/mol. The van der Waals surface area contributed by atoms with Crippen molar-refractivity contribution in [2.24, 2.45) is 11.1 Å². The van der Waals surface area contributed by atoms with Gasteiger partial charge in [-0.15, -0.1) is 23.7 Å². The van der Waals surface area contributed by atoms with Crippen LogP contribution in [0, 0.1) is 5.41 Å². The lowest BCUT2D eigenvalue weighted by Crippen LogP contribution is -2.30. The molecular weight excluding hydrogens is 270 g/mol. The maximum absolute atomic E-state index is 11.9. The molecule has 1 aromatic heterocycles. The van der Waals surface area contributed by atoms with Gasteiger partial charge in [-0.1, -0.05) is 6.92 Å². The van der Waals surface area contributed by atoms with Crippen molar-refractivity contribution in [3.8, 4) is 0 Å². The molecule has 18 heavy (non-hydrogen) atoms. The summed E-state index contributed by atoms with van der Waals surface area (Å²) < 4.78 is 0. The van der Waals surface area contributed by atoms with Crippen LogP contribution in [0.5, 0.6) is 0 Å². The molecule has 0 radical (unpaired) electrons. The second-order valence-corrected chi connectivity index (χ2v) is 5.64. The fourth-order valence-corrected chi connectivity index (χ4v) is 2.64. The minimum absolute atomic E-state index is 0. The summed E-state index contributed by atoms with van der Waals surface area (Å²) in [7, 11) is 0. The third-order valence-corrected chi connectivity index (χ3v) is 4.38. The molecule has 1 heterocycles. The zero-order valence-corrected chi connectivity index (χ0v) is 12.2. The van der Waals surface area contributed by atoms with Crippen molar-refractivity contribution in [2.45, 2.75) is 32.6 Å². The van der Waals surface area contributed by atoms with Gasteiger partial charge in [0.15, 0.2) is 0 Å². The molecule has 0 spiro atoms. The first-order valence-electron chi connectivity index (χ1n) is 6.12. The molecule has 1 aliphatic carbocycles. The van der Waals surface area contributed by atoms with Crippen molar-refractivity contribution in [3.63, 3.8) is 0 Å². The van der Waals surface area contributed by atoms with Crippen LogP contribution in [-0.4, -0.2) is 24.0 Å². The summed E-state index contributed by atoms with van der Waals surface area (Å²) in [6, 6.07) is 0. The van der Waals surface area contributed by atoms with Crippen LogP contribution in [0.15, 0.2) is 5.38 Å². The topological polar surface area (TPSA) is 68.0 Å². The molecule has 4 nitrogen and oxygen atoms in total. The van der Waals surface area contributed by atoms with Gasteiger partial charge in [0.2, 0.25) is 0 Å². The van der Waals surface area contributed by atoms with E-state index in [1.54, 1.807) is 0 Å². The number of rotatable bonds is 6. The van der Waals surface area contributed by atoms with E-state index in [-0.39, 0.29) is 18.3 Å². The van der Waals surface area contributed by atoms with Gasteiger partial charge in [0.1, 0.15) is 5.69 Å². The highest BCUT2D eigenvalue weighted by Gasteiger charge is 2.40. The zero-order chi connectivity index (χ0) is 12.3. The molecule has 1 fully saturated rings. The highest BCUT2D eigenvalue weighted by atomic mass is 35.5. The summed E-state index contributed by atoms with van der Waals surface area (Å²) in [6.45, 7) is 3.54. The van der Waals surface area contributed by atoms with Gasteiger partial charge in [-0.05, 0) is 31.2 Å². The molecule has 0 unspecified atom stereocenters. The summed E-state index contributed by atoms with van der Waals surface area (Å²) in [5.74, 6) is -0.0516. The number of amides is 1. The van der Waals surface area contributed by atoms with Gasteiger partial charge < -0.3 is 11.1 Å². The van der Waals surface area contributed by atoms with E-state index in [9.17, 15) is 4.79 Å². The van der Waals surface area contributed by atoms with Gasteiger partial charge in [-0.2, -0.15) is 0 Å². The van der Waals surface area contributed by atoms with E-state index in [1.807, 2.05) is 5.38 Å². The van der Waals surface area contributed by atoms with Gasteiger partial charge in [0.25, 0.3) is 5.91 Å². The highest BCUT2D eigenvalue weighted by molar-refractivity contribution is 7.09. The van der Waals surface area contributed by atoms with Crippen LogP contribution in [-0.2, 0) is 6.42 Å². The van der Waals surface area contributed by atoms with Crippen LogP contribution in [0.4, 0.5) is 0 Å². The Bertz CT molecular complexity index is 404. The summed E-state index contributed by atoms with van der Waals surface area (Å²) in [6.07, 6.45) is 4.36. The zero-order valence-electron chi connectivity index (χ0n) is 10.6. The predicted octanol–water partition coefficient (Wildman–Crippen LogP) is 1.99. The monoisotopic (exact) mass is 289 g/mol. The Kier molecular flexibility index (Phi) is 5.56. The van der Waals surface area contributed by atoms with Crippen LogP contribution in [0.3, 0.4) is 0 Å². The van der Waals surface area contributed by atoms with Gasteiger partial charge in [-0.3, -0.25) is 4.79 Å². The van der Waals surface area contributed by atoms with E-state index in [2.05, 4.69) is 17.2 Å². The fourth-order valence-electron chi connectivity index (χ4n) is 1.84. The van der Waals surface area contributed by atoms with Crippen LogP contribution in [0.1, 0.15) is 41.7 Å². The first kappa shape index (κ1) is 15.4. The Morgan fingerprint density at radius 3 is 2.89 bits per heavy atom. The molecule has 0 saturated heterocycles. The minimum atomic E-state index is -0.0516. The van der Waals surface area contributed by atoms with E-state index < -0.39 is 0 Å². The maximum Gasteiger partial charge on any atom is 0.270 e. The summed E-state index contributed by atoms with van der Waals surface area (Å²) >= 11 is 1.51. The maximum atomic E-state index is 11.9. The number of carbonyl (C=O) groups excluding carboxylic acids is 1. The number of halogens is 1. The SMILES string of the molecule is CCC1(CNC(=O)c2csc(CCN)n2)CC1.Cl. The van der Waals surface area contributed by atoms with Crippen molar-refractivity contribution in [1.29, 1.82) is 0 Å². The van der Waals surface area contributed by atoms with Crippen LogP contribution >= 0.6 is 23.7 Å². The number of carbonyl (C=O) groups is 1. The fraction of sp³-hybridized carbons (Fsp3) is 0.667. The molecule has 1 amide bonds. The molecular formula is C12H20ClN3OS. The minimum Gasteiger partial charge on any atom is -0.350 e. The first-order valence-corrected chi connectivity index (χ1v) is 7.00. The Balaban J connectivity index is 0.00000162. The van der Waals surface area contributed by atoms with Gasteiger partial charge in [0, 0.05) is 18.3 Å². The molecule has 0 aliphatic heterocycles. The van der Waals surface area contributed by atoms with E-state index in [1.165, 1.54) is 24.2 Å². The molecule has 0 bridgehead atoms. The Morgan fingerprint density at radius 1 is 1.61 bits per heavy atom. The third kappa shape index (κ3) is 3.67. The van der Waals surface area contributed by atoms with Crippen LogP contribution < -0.4 is 11.1 Å². The largest absolute Gasteiger partial charge is 0.350 e. The average Bonchev–Trinajstić information content (AvgIpc) is 2.98. The molecule has 0 aromatic carbocycles.